The smallest absolute Gasteiger partial charge is 0.145 e. The van der Waals surface area contributed by atoms with Crippen LogP contribution in [0.3, 0.4) is 0 Å². The van der Waals surface area contributed by atoms with E-state index in [9.17, 15) is 0 Å². The second kappa shape index (κ2) is 2.51. The molecule has 2 heterocycles. The molecule has 3 heteroatoms. The van der Waals surface area contributed by atoms with Crippen LogP contribution >= 0.6 is 0 Å². The van der Waals surface area contributed by atoms with E-state index in [0.717, 1.165) is 25.2 Å². The van der Waals surface area contributed by atoms with Crippen LogP contribution in [0.25, 0.3) is 0 Å². The van der Waals surface area contributed by atoms with E-state index >= 15 is 0 Å². The van der Waals surface area contributed by atoms with E-state index in [4.69, 9.17) is 5.84 Å². The minimum absolute atomic E-state index is 0.921. The topological polar surface area (TPSA) is 42.1 Å². The maximum absolute atomic E-state index is 5.72. The fourth-order valence-electron chi connectivity index (χ4n) is 1.43. The normalized spacial score (nSPS) is 16.3. The summed E-state index contributed by atoms with van der Waals surface area (Å²) in [5.41, 5.74) is 1.27. The molecule has 0 radical (unpaired) electrons. The van der Waals surface area contributed by atoms with Gasteiger partial charge in [-0.2, -0.15) is 0 Å². The molecule has 1 aliphatic heterocycles. The van der Waals surface area contributed by atoms with Gasteiger partial charge in [0.05, 0.1) is 0 Å². The SMILES string of the molecule is NN1CCCc2cccnc21. The highest BCUT2D eigenvalue weighted by atomic mass is 15.4. The van der Waals surface area contributed by atoms with Gasteiger partial charge in [0.15, 0.2) is 0 Å². The van der Waals surface area contributed by atoms with Gasteiger partial charge in [0.2, 0.25) is 0 Å². The molecular weight excluding hydrogens is 138 g/mol. The Labute approximate surface area is 65.8 Å². The van der Waals surface area contributed by atoms with E-state index in [-0.39, 0.29) is 0 Å². The van der Waals surface area contributed by atoms with Crippen molar-refractivity contribution in [1.29, 1.82) is 0 Å². The van der Waals surface area contributed by atoms with Crippen molar-refractivity contribution < 1.29 is 0 Å². The molecule has 11 heavy (non-hydrogen) atoms. The van der Waals surface area contributed by atoms with Crippen LogP contribution in [0.2, 0.25) is 0 Å². The molecule has 3 nitrogen and oxygen atoms in total. The average molecular weight is 149 g/mol. The number of hydrogen-bond donors (Lipinski definition) is 1. The molecule has 0 saturated heterocycles. The highest BCUT2D eigenvalue weighted by Crippen LogP contribution is 2.20. The molecule has 2 rings (SSSR count). The Kier molecular flexibility index (Phi) is 1.51. The molecule has 2 N–H and O–H groups in total. The number of aryl methyl sites for hydroxylation is 1. The zero-order valence-corrected chi connectivity index (χ0v) is 6.33. The van der Waals surface area contributed by atoms with Gasteiger partial charge in [-0.05, 0) is 24.5 Å². The Hall–Kier alpha value is -1.09. The summed E-state index contributed by atoms with van der Waals surface area (Å²) in [6.07, 6.45) is 4.02. The molecule has 1 aromatic heterocycles. The number of hydrazine groups is 1. The standard InChI is InChI=1S/C8H11N3/c9-11-6-2-4-7-3-1-5-10-8(7)11/h1,3,5H,2,4,6,9H2. The molecule has 0 bridgehead atoms. The van der Waals surface area contributed by atoms with Crippen molar-refractivity contribution >= 4 is 5.82 Å². The third-order valence-corrected chi connectivity index (χ3v) is 1.98. The number of hydrogen-bond acceptors (Lipinski definition) is 3. The second-order valence-corrected chi connectivity index (χ2v) is 2.78. The van der Waals surface area contributed by atoms with Gasteiger partial charge >= 0.3 is 0 Å². The predicted molar refractivity (Wildman–Crippen MR) is 44.1 cm³/mol. The van der Waals surface area contributed by atoms with E-state index in [1.54, 1.807) is 11.2 Å². The first-order valence-electron chi connectivity index (χ1n) is 3.84. The third kappa shape index (κ3) is 1.07. The predicted octanol–water partition coefficient (Wildman–Crippen LogP) is 0.708. The summed E-state index contributed by atoms with van der Waals surface area (Å²) in [7, 11) is 0. The van der Waals surface area contributed by atoms with Crippen LogP contribution < -0.4 is 10.9 Å². The van der Waals surface area contributed by atoms with Crippen molar-refractivity contribution in [2.45, 2.75) is 12.8 Å². The lowest BCUT2D eigenvalue weighted by Crippen LogP contribution is -2.36. The largest absolute Gasteiger partial charge is 0.295 e. The number of nitrogens with two attached hydrogens (primary N) is 1. The lowest BCUT2D eigenvalue weighted by Gasteiger charge is -2.24. The van der Waals surface area contributed by atoms with Gasteiger partial charge in [-0.1, -0.05) is 6.07 Å². The molecular formula is C8H11N3. The molecule has 58 valence electrons. The zero-order chi connectivity index (χ0) is 7.68. The Morgan fingerprint density at radius 1 is 1.55 bits per heavy atom. The minimum atomic E-state index is 0.921. The van der Waals surface area contributed by atoms with Crippen LogP contribution in [0.4, 0.5) is 5.82 Å². The highest BCUT2D eigenvalue weighted by molar-refractivity contribution is 5.46. The van der Waals surface area contributed by atoms with Gasteiger partial charge in [-0.15, -0.1) is 0 Å². The maximum atomic E-state index is 5.72. The van der Waals surface area contributed by atoms with E-state index in [1.807, 2.05) is 6.07 Å². The van der Waals surface area contributed by atoms with E-state index in [2.05, 4.69) is 11.1 Å². The van der Waals surface area contributed by atoms with Crippen LogP contribution in [0, 0.1) is 0 Å². The average Bonchev–Trinajstić information content (AvgIpc) is 2.06. The Morgan fingerprint density at radius 3 is 3.27 bits per heavy atom. The van der Waals surface area contributed by atoms with Crippen molar-refractivity contribution in [1.82, 2.24) is 4.98 Å². The van der Waals surface area contributed by atoms with Gasteiger partial charge in [0.25, 0.3) is 0 Å². The molecule has 1 aliphatic rings. The Morgan fingerprint density at radius 2 is 2.45 bits per heavy atom. The Balaban J connectivity index is 2.44. The fraction of sp³-hybridized carbons (Fsp3) is 0.375. The monoisotopic (exact) mass is 149 g/mol. The first-order valence-corrected chi connectivity index (χ1v) is 3.84. The molecule has 0 fully saturated rings. The van der Waals surface area contributed by atoms with Crippen molar-refractivity contribution in [3.05, 3.63) is 23.9 Å². The lowest BCUT2D eigenvalue weighted by molar-refractivity contribution is 0.700. The van der Waals surface area contributed by atoms with Crippen molar-refractivity contribution in [2.75, 3.05) is 11.6 Å². The van der Waals surface area contributed by atoms with Gasteiger partial charge in [0.1, 0.15) is 5.82 Å². The van der Waals surface area contributed by atoms with Crippen LogP contribution in [0.5, 0.6) is 0 Å². The molecule has 0 amide bonds. The third-order valence-electron chi connectivity index (χ3n) is 1.98. The summed E-state index contributed by atoms with van der Waals surface area (Å²) in [5, 5.41) is 1.72. The highest BCUT2D eigenvalue weighted by Gasteiger charge is 2.13. The number of anilines is 1. The summed E-state index contributed by atoms with van der Waals surface area (Å²) >= 11 is 0. The molecule has 0 saturated carbocycles. The van der Waals surface area contributed by atoms with Crippen LogP contribution in [-0.2, 0) is 6.42 Å². The number of fused-ring (bicyclic) bond motifs is 1. The van der Waals surface area contributed by atoms with Crippen molar-refractivity contribution in [3.8, 4) is 0 Å². The maximum Gasteiger partial charge on any atom is 0.145 e. The number of nitrogens with zero attached hydrogens (tertiary/aromatic N) is 2. The van der Waals surface area contributed by atoms with Crippen LogP contribution in [0.1, 0.15) is 12.0 Å². The summed E-state index contributed by atoms with van der Waals surface area (Å²) in [4.78, 5) is 4.20. The number of pyridine rings is 1. The molecule has 0 unspecified atom stereocenters. The molecule has 0 spiro atoms. The minimum Gasteiger partial charge on any atom is -0.295 e. The van der Waals surface area contributed by atoms with E-state index in [1.165, 1.54) is 5.56 Å². The zero-order valence-electron chi connectivity index (χ0n) is 6.33. The van der Waals surface area contributed by atoms with Gasteiger partial charge in [-0.3, -0.25) is 5.01 Å². The fourth-order valence-corrected chi connectivity index (χ4v) is 1.43. The number of rotatable bonds is 0. The molecule has 0 atom stereocenters. The Bertz CT molecular complexity index is 259. The summed E-state index contributed by atoms with van der Waals surface area (Å²) < 4.78 is 0. The van der Waals surface area contributed by atoms with E-state index < -0.39 is 0 Å². The number of aromatic nitrogens is 1. The molecule has 0 aromatic carbocycles. The van der Waals surface area contributed by atoms with Crippen molar-refractivity contribution in [2.24, 2.45) is 5.84 Å². The summed E-state index contributed by atoms with van der Waals surface area (Å²) in [6, 6.07) is 4.04. The summed E-state index contributed by atoms with van der Waals surface area (Å²) in [5.74, 6) is 6.66. The molecule has 1 aromatic rings. The van der Waals surface area contributed by atoms with Crippen molar-refractivity contribution in [3.63, 3.8) is 0 Å². The first-order chi connectivity index (χ1) is 5.38. The van der Waals surface area contributed by atoms with Gasteiger partial charge in [0, 0.05) is 12.7 Å². The van der Waals surface area contributed by atoms with Gasteiger partial charge in [-0.25, -0.2) is 10.8 Å². The molecule has 0 aliphatic carbocycles. The first kappa shape index (κ1) is 6.61. The lowest BCUT2D eigenvalue weighted by atomic mass is 10.1. The van der Waals surface area contributed by atoms with Gasteiger partial charge < -0.3 is 0 Å². The second-order valence-electron chi connectivity index (χ2n) is 2.78. The summed E-state index contributed by atoms with van der Waals surface area (Å²) in [6.45, 7) is 0.921. The van der Waals surface area contributed by atoms with E-state index in [0.29, 0.717) is 0 Å². The quantitative estimate of drug-likeness (QED) is 0.552. The van der Waals surface area contributed by atoms with Crippen LogP contribution in [-0.4, -0.2) is 11.5 Å². The van der Waals surface area contributed by atoms with Crippen LogP contribution in [0.15, 0.2) is 18.3 Å².